The van der Waals surface area contributed by atoms with Crippen molar-refractivity contribution in [2.75, 3.05) is 13.7 Å². The molecule has 1 rings (SSSR count). The van der Waals surface area contributed by atoms with Gasteiger partial charge in [-0.05, 0) is 58.2 Å². The van der Waals surface area contributed by atoms with E-state index in [1.165, 1.54) is 6.42 Å². The van der Waals surface area contributed by atoms with Crippen LogP contribution in [0.1, 0.15) is 52.2 Å². The summed E-state index contributed by atoms with van der Waals surface area (Å²) in [5.41, 5.74) is -0.0309. The van der Waals surface area contributed by atoms with E-state index in [1.54, 1.807) is 13.4 Å². The van der Waals surface area contributed by atoms with Gasteiger partial charge in [-0.15, -0.1) is 0 Å². The lowest BCUT2D eigenvalue weighted by Crippen LogP contribution is -2.33. The van der Waals surface area contributed by atoms with E-state index in [0.717, 1.165) is 38.0 Å². The summed E-state index contributed by atoms with van der Waals surface area (Å²) in [4.78, 5) is 0. The third-order valence-electron chi connectivity index (χ3n) is 3.65. The maximum atomic E-state index is 5.50. The van der Waals surface area contributed by atoms with E-state index in [9.17, 15) is 0 Å². The van der Waals surface area contributed by atoms with Gasteiger partial charge in [-0.25, -0.2) is 0 Å². The van der Waals surface area contributed by atoms with Gasteiger partial charge >= 0.3 is 0 Å². The molecule has 0 aliphatic rings. The predicted molar refractivity (Wildman–Crippen MR) is 79.4 cm³/mol. The molecule has 0 radical (unpaired) electrons. The average Bonchev–Trinajstić information content (AvgIpc) is 2.91. The summed E-state index contributed by atoms with van der Waals surface area (Å²) in [7, 11) is 1.79. The Morgan fingerprint density at radius 3 is 2.74 bits per heavy atom. The Morgan fingerprint density at radius 2 is 2.16 bits per heavy atom. The molecule has 3 nitrogen and oxygen atoms in total. The van der Waals surface area contributed by atoms with Gasteiger partial charge in [0.05, 0.1) is 11.9 Å². The number of nitrogens with one attached hydrogen (secondary N) is 1. The minimum atomic E-state index is -0.0309. The van der Waals surface area contributed by atoms with Crippen LogP contribution in [0, 0.1) is 0 Å². The third kappa shape index (κ3) is 6.79. The monoisotopic (exact) mass is 267 g/mol. The van der Waals surface area contributed by atoms with Gasteiger partial charge in [0.15, 0.2) is 0 Å². The molecule has 0 aliphatic heterocycles. The molecule has 0 aromatic carbocycles. The first kappa shape index (κ1) is 16.3. The minimum absolute atomic E-state index is 0.0309. The van der Waals surface area contributed by atoms with E-state index in [4.69, 9.17) is 9.15 Å². The molecule has 0 fully saturated rings. The Hall–Kier alpha value is -0.800. The van der Waals surface area contributed by atoms with Crippen LogP contribution in [-0.4, -0.2) is 25.3 Å². The highest BCUT2D eigenvalue weighted by atomic mass is 16.5. The summed E-state index contributed by atoms with van der Waals surface area (Å²) in [6.07, 6.45) is 7.25. The quantitative estimate of drug-likeness (QED) is 0.700. The molecule has 0 saturated heterocycles. The van der Waals surface area contributed by atoms with E-state index in [0.29, 0.717) is 6.04 Å². The third-order valence-corrected chi connectivity index (χ3v) is 3.65. The zero-order chi connectivity index (χ0) is 14.1. The lowest BCUT2D eigenvalue weighted by Gasteiger charge is -2.26. The summed E-state index contributed by atoms with van der Waals surface area (Å²) in [5.74, 6) is 1.08. The number of hydrogen-bond acceptors (Lipinski definition) is 3. The molecule has 0 bridgehead atoms. The van der Waals surface area contributed by atoms with Gasteiger partial charge in [0.2, 0.25) is 0 Å². The van der Waals surface area contributed by atoms with E-state index in [1.807, 2.05) is 6.07 Å². The number of methoxy groups -OCH3 is 1. The van der Waals surface area contributed by atoms with Crippen molar-refractivity contribution in [3.8, 4) is 0 Å². The zero-order valence-corrected chi connectivity index (χ0v) is 12.9. The second-order valence-corrected chi connectivity index (χ2v) is 5.77. The first-order chi connectivity index (χ1) is 9.07. The van der Waals surface area contributed by atoms with Crippen molar-refractivity contribution in [1.29, 1.82) is 0 Å². The molecule has 1 aromatic heterocycles. The highest BCUT2D eigenvalue weighted by Crippen LogP contribution is 2.19. The first-order valence-corrected chi connectivity index (χ1v) is 7.38. The minimum Gasteiger partial charge on any atom is -0.469 e. The summed E-state index contributed by atoms with van der Waals surface area (Å²) in [6, 6.07) is 4.55. The highest BCUT2D eigenvalue weighted by molar-refractivity contribution is 4.98. The fourth-order valence-corrected chi connectivity index (χ4v) is 2.09. The molecule has 1 N–H and O–H groups in total. The maximum Gasteiger partial charge on any atom is 0.103 e. The Balaban J connectivity index is 2.37. The van der Waals surface area contributed by atoms with Crippen LogP contribution in [0.15, 0.2) is 22.8 Å². The Bertz CT molecular complexity index is 319. The summed E-state index contributed by atoms with van der Waals surface area (Å²) < 4.78 is 10.9. The van der Waals surface area contributed by atoms with Crippen molar-refractivity contribution in [2.24, 2.45) is 0 Å². The van der Waals surface area contributed by atoms with Gasteiger partial charge in [0.25, 0.3) is 0 Å². The van der Waals surface area contributed by atoms with Crippen LogP contribution in [0.25, 0.3) is 0 Å². The van der Waals surface area contributed by atoms with E-state index in [-0.39, 0.29) is 5.60 Å². The topological polar surface area (TPSA) is 34.4 Å². The van der Waals surface area contributed by atoms with Gasteiger partial charge in [-0.1, -0.05) is 6.92 Å². The number of furan rings is 1. The van der Waals surface area contributed by atoms with Gasteiger partial charge in [-0.3, -0.25) is 0 Å². The SMILES string of the molecule is CCCNC(CCc1ccco1)CCC(C)(C)OC. The van der Waals surface area contributed by atoms with Crippen LogP contribution >= 0.6 is 0 Å². The molecule has 1 heterocycles. The Morgan fingerprint density at radius 1 is 1.37 bits per heavy atom. The van der Waals surface area contributed by atoms with Crippen LogP contribution in [0.2, 0.25) is 0 Å². The van der Waals surface area contributed by atoms with Crippen molar-refractivity contribution in [2.45, 2.75) is 64.5 Å². The molecular formula is C16H29NO2. The van der Waals surface area contributed by atoms with Gasteiger partial charge < -0.3 is 14.5 Å². The zero-order valence-electron chi connectivity index (χ0n) is 12.9. The second-order valence-electron chi connectivity index (χ2n) is 5.77. The molecule has 0 amide bonds. The molecule has 1 atom stereocenters. The predicted octanol–water partition coefficient (Wildman–Crippen LogP) is 3.79. The number of hydrogen-bond donors (Lipinski definition) is 1. The average molecular weight is 267 g/mol. The van der Waals surface area contributed by atoms with Crippen molar-refractivity contribution in [1.82, 2.24) is 5.32 Å². The number of aryl methyl sites for hydroxylation is 1. The van der Waals surface area contributed by atoms with Crippen LogP contribution in [0.4, 0.5) is 0 Å². The molecule has 0 saturated carbocycles. The molecular weight excluding hydrogens is 238 g/mol. The lowest BCUT2D eigenvalue weighted by atomic mass is 9.96. The first-order valence-electron chi connectivity index (χ1n) is 7.38. The van der Waals surface area contributed by atoms with Gasteiger partial charge in [-0.2, -0.15) is 0 Å². The molecule has 3 heteroatoms. The highest BCUT2D eigenvalue weighted by Gasteiger charge is 2.19. The van der Waals surface area contributed by atoms with Gasteiger partial charge in [0.1, 0.15) is 5.76 Å². The van der Waals surface area contributed by atoms with Gasteiger partial charge in [0, 0.05) is 19.6 Å². The summed E-state index contributed by atoms with van der Waals surface area (Å²) in [6.45, 7) is 7.58. The second kappa shape index (κ2) is 8.39. The maximum absolute atomic E-state index is 5.50. The smallest absolute Gasteiger partial charge is 0.103 e. The van der Waals surface area contributed by atoms with Crippen molar-refractivity contribution in [3.63, 3.8) is 0 Å². The normalized spacial score (nSPS) is 13.7. The van der Waals surface area contributed by atoms with Crippen LogP contribution in [0.3, 0.4) is 0 Å². The summed E-state index contributed by atoms with van der Waals surface area (Å²) >= 11 is 0. The molecule has 0 aliphatic carbocycles. The molecule has 110 valence electrons. The van der Waals surface area contributed by atoms with Crippen LogP contribution in [0.5, 0.6) is 0 Å². The van der Waals surface area contributed by atoms with Crippen molar-refractivity contribution >= 4 is 0 Å². The van der Waals surface area contributed by atoms with Crippen LogP contribution in [-0.2, 0) is 11.2 Å². The van der Waals surface area contributed by atoms with Crippen molar-refractivity contribution in [3.05, 3.63) is 24.2 Å². The fourth-order valence-electron chi connectivity index (χ4n) is 2.09. The summed E-state index contributed by atoms with van der Waals surface area (Å²) in [5, 5.41) is 3.63. The number of rotatable bonds is 10. The van der Waals surface area contributed by atoms with E-state index < -0.39 is 0 Å². The molecule has 0 spiro atoms. The van der Waals surface area contributed by atoms with E-state index in [2.05, 4.69) is 32.2 Å². The largest absolute Gasteiger partial charge is 0.469 e. The molecule has 19 heavy (non-hydrogen) atoms. The van der Waals surface area contributed by atoms with Crippen molar-refractivity contribution < 1.29 is 9.15 Å². The Labute approximate surface area is 117 Å². The number of ether oxygens (including phenoxy) is 1. The van der Waals surface area contributed by atoms with E-state index >= 15 is 0 Å². The fraction of sp³-hybridized carbons (Fsp3) is 0.750. The molecule has 1 unspecified atom stereocenters. The lowest BCUT2D eigenvalue weighted by molar-refractivity contribution is 0.0115. The molecule has 1 aromatic rings. The van der Waals surface area contributed by atoms with Crippen LogP contribution < -0.4 is 5.32 Å². The Kier molecular flexibility index (Phi) is 7.17. The standard InChI is InChI=1S/C16H29NO2/c1-5-12-17-14(10-11-16(2,3)18-4)8-9-15-7-6-13-19-15/h6-7,13-14,17H,5,8-12H2,1-4H3.